The van der Waals surface area contributed by atoms with Gasteiger partial charge in [-0.25, -0.2) is 8.78 Å². The summed E-state index contributed by atoms with van der Waals surface area (Å²) in [5, 5.41) is 1.87. The van der Waals surface area contributed by atoms with Gasteiger partial charge in [0.2, 0.25) is 5.91 Å². The molecule has 2 saturated heterocycles. The van der Waals surface area contributed by atoms with Crippen LogP contribution in [0.4, 0.5) is 8.78 Å². The maximum absolute atomic E-state index is 13.5. The van der Waals surface area contributed by atoms with Gasteiger partial charge in [0, 0.05) is 26.2 Å². The molecule has 4 nitrogen and oxygen atoms in total. The molecule has 1 atom stereocenters. The van der Waals surface area contributed by atoms with Gasteiger partial charge in [-0.1, -0.05) is 12.1 Å². The molecule has 0 bridgehead atoms. The molecular formula is C20H20F2N2O2S. The Hall–Kier alpha value is -2.28. The summed E-state index contributed by atoms with van der Waals surface area (Å²) in [6.45, 7) is 1.85. The molecule has 0 saturated carbocycles. The third-order valence-corrected chi connectivity index (χ3v) is 6.41. The maximum Gasteiger partial charge on any atom is 0.263 e. The molecule has 142 valence electrons. The third kappa shape index (κ3) is 3.36. The normalized spacial score (nSPS) is 22.7. The molecule has 2 aliphatic heterocycles. The van der Waals surface area contributed by atoms with Gasteiger partial charge in [-0.15, -0.1) is 11.3 Å². The van der Waals surface area contributed by atoms with Gasteiger partial charge in [0.05, 0.1) is 10.3 Å². The van der Waals surface area contributed by atoms with Crippen molar-refractivity contribution < 1.29 is 18.4 Å². The molecule has 27 heavy (non-hydrogen) atoms. The Bertz CT molecular complexity index is 871. The summed E-state index contributed by atoms with van der Waals surface area (Å²) in [5.41, 5.74) is 0.0211. The van der Waals surface area contributed by atoms with E-state index in [4.69, 9.17) is 0 Å². The molecule has 1 aromatic heterocycles. The molecule has 0 aliphatic carbocycles. The first-order valence-corrected chi connectivity index (χ1v) is 9.93. The second kappa shape index (κ2) is 7.03. The average molecular weight is 390 g/mol. The number of nitrogens with zero attached hydrogens (tertiary/aromatic N) is 2. The predicted octanol–water partition coefficient (Wildman–Crippen LogP) is 3.68. The van der Waals surface area contributed by atoms with E-state index in [1.807, 2.05) is 11.4 Å². The summed E-state index contributed by atoms with van der Waals surface area (Å²) < 4.78 is 26.6. The number of amides is 2. The number of carbonyl (C=O) groups excluding carboxylic acids is 2. The fourth-order valence-electron chi connectivity index (χ4n) is 4.14. The molecule has 4 rings (SSSR count). The number of hydrogen-bond donors (Lipinski definition) is 0. The molecule has 0 radical (unpaired) electrons. The van der Waals surface area contributed by atoms with E-state index in [0.29, 0.717) is 36.5 Å². The highest BCUT2D eigenvalue weighted by Gasteiger charge is 2.49. The van der Waals surface area contributed by atoms with Gasteiger partial charge in [0.25, 0.3) is 5.91 Å². The van der Waals surface area contributed by atoms with Gasteiger partial charge in [-0.3, -0.25) is 9.59 Å². The van der Waals surface area contributed by atoms with E-state index in [-0.39, 0.29) is 18.4 Å². The average Bonchev–Trinajstić information content (AvgIpc) is 3.33. The zero-order chi connectivity index (χ0) is 19.0. The van der Waals surface area contributed by atoms with Gasteiger partial charge in [0.1, 0.15) is 0 Å². The van der Waals surface area contributed by atoms with Crippen molar-refractivity contribution in [2.45, 2.75) is 25.8 Å². The minimum atomic E-state index is -0.903. The van der Waals surface area contributed by atoms with Gasteiger partial charge in [-0.05, 0) is 48.4 Å². The van der Waals surface area contributed by atoms with Crippen molar-refractivity contribution in [3.05, 3.63) is 57.8 Å². The monoisotopic (exact) mass is 390 g/mol. The number of halogens is 2. The van der Waals surface area contributed by atoms with Crippen LogP contribution in [-0.2, 0) is 11.3 Å². The summed E-state index contributed by atoms with van der Waals surface area (Å²) >= 11 is 1.41. The van der Waals surface area contributed by atoms with Crippen molar-refractivity contribution in [1.29, 1.82) is 0 Å². The topological polar surface area (TPSA) is 40.6 Å². The molecule has 3 heterocycles. The smallest absolute Gasteiger partial charge is 0.263 e. The first kappa shape index (κ1) is 18.1. The Morgan fingerprint density at radius 1 is 1.15 bits per heavy atom. The number of rotatable bonds is 3. The number of thiophene rings is 1. The predicted molar refractivity (Wildman–Crippen MR) is 98.3 cm³/mol. The van der Waals surface area contributed by atoms with Crippen molar-refractivity contribution in [2.75, 3.05) is 19.6 Å². The standard InChI is InChI=1S/C20H20F2N2O2S/c21-15-5-4-14(11-16(15)22)12-23-8-2-6-20(19(23)26)7-9-24(13-20)18(25)17-3-1-10-27-17/h1,3-5,10-11H,2,6-9,12-13H2/t20-/m1/s1. The maximum atomic E-state index is 13.5. The van der Waals surface area contributed by atoms with Gasteiger partial charge in [-0.2, -0.15) is 0 Å². The largest absolute Gasteiger partial charge is 0.338 e. The highest BCUT2D eigenvalue weighted by molar-refractivity contribution is 7.12. The van der Waals surface area contributed by atoms with Crippen LogP contribution in [0.3, 0.4) is 0 Å². The molecule has 2 aliphatic rings. The summed E-state index contributed by atoms with van der Waals surface area (Å²) in [5.74, 6) is -1.80. The molecular weight excluding hydrogens is 370 g/mol. The quantitative estimate of drug-likeness (QED) is 0.802. The van der Waals surface area contributed by atoms with Gasteiger partial charge < -0.3 is 9.80 Å². The Morgan fingerprint density at radius 2 is 2.00 bits per heavy atom. The van der Waals surface area contributed by atoms with Crippen molar-refractivity contribution in [2.24, 2.45) is 5.41 Å². The van der Waals surface area contributed by atoms with E-state index in [9.17, 15) is 18.4 Å². The first-order chi connectivity index (χ1) is 13.0. The summed E-state index contributed by atoms with van der Waals surface area (Å²) in [4.78, 5) is 30.0. The molecule has 2 aromatic rings. The van der Waals surface area contributed by atoms with Gasteiger partial charge >= 0.3 is 0 Å². The van der Waals surface area contributed by atoms with Crippen molar-refractivity contribution in [3.63, 3.8) is 0 Å². The first-order valence-electron chi connectivity index (χ1n) is 9.05. The molecule has 1 aromatic carbocycles. The molecule has 2 amide bonds. The van der Waals surface area contributed by atoms with Crippen molar-refractivity contribution in [1.82, 2.24) is 9.80 Å². The van der Waals surface area contributed by atoms with Crippen LogP contribution < -0.4 is 0 Å². The van der Waals surface area contributed by atoms with Gasteiger partial charge in [0.15, 0.2) is 11.6 Å². The van der Waals surface area contributed by atoms with Crippen molar-refractivity contribution in [3.8, 4) is 0 Å². The van der Waals surface area contributed by atoms with Crippen LogP contribution >= 0.6 is 11.3 Å². The molecule has 2 fully saturated rings. The second-order valence-corrected chi connectivity index (χ2v) is 8.26. The minimum Gasteiger partial charge on any atom is -0.338 e. The Labute approximate surface area is 160 Å². The highest BCUT2D eigenvalue weighted by atomic mass is 32.1. The fraction of sp³-hybridized carbons (Fsp3) is 0.400. The van der Waals surface area contributed by atoms with Crippen LogP contribution in [0.15, 0.2) is 35.7 Å². The lowest BCUT2D eigenvalue weighted by atomic mass is 9.78. The Kier molecular flexibility index (Phi) is 4.72. The van der Waals surface area contributed by atoms with Crippen molar-refractivity contribution >= 4 is 23.2 Å². The van der Waals surface area contributed by atoms with Crippen LogP contribution in [-0.4, -0.2) is 41.2 Å². The van der Waals surface area contributed by atoms with Crippen LogP contribution in [0.25, 0.3) is 0 Å². The number of carbonyl (C=O) groups is 2. The number of likely N-dealkylation sites (tertiary alicyclic amines) is 2. The number of piperidine rings is 1. The zero-order valence-electron chi connectivity index (χ0n) is 14.8. The lowest BCUT2D eigenvalue weighted by Gasteiger charge is -2.39. The SMILES string of the molecule is O=C(c1cccs1)N1CC[C@]2(CCCN(Cc3ccc(F)c(F)c3)C2=O)C1. The van der Waals surface area contributed by atoms with E-state index < -0.39 is 17.0 Å². The fourth-order valence-corrected chi connectivity index (χ4v) is 4.83. The number of benzene rings is 1. The van der Waals surface area contributed by atoms with Crippen LogP contribution in [0.5, 0.6) is 0 Å². The van der Waals surface area contributed by atoms with E-state index >= 15 is 0 Å². The summed E-state index contributed by atoms with van der Waals surface area (Å²) in [6.07, 6.45) is 2.25. The van der Waals surface area contributed by atoms with E-state index in [0.717, 1.165) is 25.0 Å². The van der Waals surface area contributed by atoms with Crippen LogP contribution in [0.1, 0.15) is 34.5 Å². The number of hydrogen-bond acceptors (Lipinski definition) is 3. The van der Waals surface area contributed by atoms with E-state index in [1.54, 1.807) is 15.9 Å². The third-order valence-electron chi connectivity index (χ3n) is 5.55. The molecule has 7 heteroatoms. The molecule has 0 N–H and O–H groups in total. The minimum absolute atomic E-state index is 0.0139. The highest BCUT2D eigenvalue weighted by Crippen LogP contribution is 2.41. The second-order valence-electron chi connectivity index (χ2n) is 7.31. The Morgan fingerprint density at radius 3 is 2.74 bits per heavy atom. The Balaban J connectivity index is 1.48. The lowest BCUT2D eigenvalue weighted by Crippen LogP contribution is -2.50. The van der Waals surface area contributed by atoms with E-state index in [1.165, 1.54) is 17.4 Å². The summed E-state index contributed by atoms with van der Waals surface area (Å²) in [7, 11) is 0. The molecule has 1 spiro atoms. The zero-order valence-corrected chi connectivity index (χ0v) is 15.6. The van der Waals surface area contributed by atoms with E-state index in [2.05, 4.69) is 0 Å². The summed E-state index contributed by atoms with van der Waals surface area (Å²) in [6, 6.07) is 7.39. The van der Waals surface area contributed by atoms with Crippen LogP contribution in [0.2, 0.25) is 0 Å². The van der Waals surface area contributed by atoms with Crippen LogP contribution in [0, 0.1) is 17.0 Å². The lowest BCUT2D eigenvalue weighted by molar-refractivity contribution is -0.146. The molecule has 0 unspecified atom stereocenters.